The SMILES string of the molecule is CC(C)C(C)COP(=O)(O)OP(=O)(O)O. The van der Waals surface area contributed by atoms with Crippen LogP contribution in [0.25, 0.3) is 0 Å². The van der Waals surface area contributed by atoms with E-state index in [9.17, 15) is 9.13 Å². The molecule has 0 saturated heterocycles. The standard InChI is InChI=1S/C6H16O7P2/c1-5(2)6(3)4-12-15(10,11)13-14(7,8)9/h5-6H,4H2,1-3H3,(H,10,11)(H2,7,8,9). The van der Waals surface area contributed by atoms with Crippen LogP contribution in [0, 0.1) is 11.8 Å². The second-order valence-corrected chi connectivity index (χ2v) is 6.39. The van der Waals surface area contributed by atoms with Gasteiger partial charge in [0.25, 0.3) is 0 Å². The van der Waals surface area contributed by atoms with Gasteiger partial charge in [-0.1, -0.05) is 20.8 Å². The Labute approximate surface area is 88.3 Å². The maximum Gasteiger partial charge on any atom is 0.481 e. The first kappa shape index (κ1) is 15.3. The van der Waals surface area contributed by atoms with E-state index in [-0.39, 0.29) is 18.4 Å². The first-order valence-corrected chi connectivity index (χ1v) is 7.30. The Morgan fingerprint density at radius 3 is 1.93 bits per heavy atom. The Balaban J connectivity index is 4.17. The topological polar surface area (TPSA) is 113 Å². The van der Waals surface area contributed by atoms with Gasteiger partial charge < -0.3 is 14.7 Å². The molecule has 0 aromatic heterocycles. The number of hydrogen-bond acceptors (Lipinski definition) is 4. The third kappa shape index (κ3) is 8.11. The van der Waals surface area contributed by atoms with E-state index in [0.717, 1.165) is 0 Å². The Bertz CT molecular complexity index is 283. The first-order chi connectivity index (χ1) is 6.53. The molecule has 0 aliphatic heterocycles. The van der Waals surface area contributed by atoms with E-state index < -0.39 is 15.6 Å². The third-order valence-corrected chi connectivity index (χ3v) is 4.00. The number of phosphoric acid groups is 2. The summed E-state index contributed by atoms with van der Waals surface area (Å²) in [6.07, 6.45) is 0. The fourth-order valence-corrected chi connectivity index (χ4v) is 2.25. The summed E-state index contributed by atoms with van der Waals surface area (Å²) in [5.74, 6) is 0.200. The Kier molecular flexibility index (Phi) is 5.64. The zero-order valence-electron chi connectivity index (χ0n) is 8.73. The lowest BCUT2D eigenvalue weighted by Gasteiger charge is -2.18. The summed E-state index contributed by atoms with van der Waals surface area (Å²) in [7, 11) is -9.68. The predicted molar refractivity (Wildman–Crippen MR) is 52.9 cm³/mol. The van der Waals surface area contributed by atoms with E-state index in [1.54, 1.807) is 6.92 Å². The summed E-state index contributed by atoms with van der Waals surface area (Å²) in [5.41, 5.74) is 0. The molecule has 0 heterocycles. The van der Waals surface area contributed by atoms with Crippen molar-refractivity contribution in [3.05, 3.63) is 0 Å². The molecular formula is C6H16O7P2. The molecule has 0 saturated carbocycles. The lowest BCUT2D eigenvalue weighted by molar-refractivity contribution is 0.148. The average molecular weight is 262 g/mol. The van der Waals surface area contributed by atoms with E-state index in [1.807, 2.05) is 13.8 Å². The second-order valence-electron chi connectivity index (χ2n) is 3.56. The summed E-state index contributed by atoms with van der Waals surface area (Å²) < 4.78 is 29.3. The molecule has 9 heteroatoms. The van der Waals surface area contributed by atoms with Gasteiger partial charge in [0.2, 0.25) is 0 Å². The van der Waals surface area contributed by atoms with Gasteiger partial charge in [0.1, 0.15) is 0 Å². The molecule has 0 aromatic rings. The Morgan fingerprint density at radius 2 is 1.60 bits per heavy atom. The predicted octanol–water partition coefficient (Wildman–Crippen LogP) is 1.50. The van der Waals surface area contributed by atoms with Crippen LogP contribution >= 0.6 is 15.6 Å². The molecule has 3 N–H and O–H groups in total. The molecule has 15 heavy (non-hydrogen) atoms. The van der Waals surface area contributed by atoms with Gasteiger partial charge in [0.05, 0.1) is 6.61 Å². The van der Waals surface area contributed by atoms with E-state index in [0.29, 0.717) is 0 Å². The van der Waals surface area contributed by atoms with Gasteiger partial charge in [-0.3, -0.25) is 4.52 Å². The highest BCUT2D eigenvalue weighted by Gasteiger charge is 2.32. The largest absolute Gasteiger partial charge is 0.481 e. The Morgan fingerprint density at radius 1 is 1.13 bits per heavy atom. The van der Waals surface area contributed by atoms with E-state index >= 15 is 0 Å². The summed E-state index contributed by atoms with van der Waals surface area (Å²) in [6.45, 7) is 5.45. The van der Waals surface area contributed by atoms with Crippen molar-refractivity contribution < 1.29 is 32.6 Å². The average Bonchev–Trinajstić information content (AvgIpc) is 1.95. The minimum atomic E-state index is -5.01. The minimum absolute atomic E-state index is 0.0224. The monoisotopic (exact) mass is 262 g/mol. The van der Waals surface area contributed by atoms with Gasteiger partial charge >= 0.3 is 15.6 Å². The highest BCUT2D eigenvalue weighted by molar-refractivity contribution is 7.60. The Hall–Kier alpha value is 0.260. The van der Waals surface area contributed by atoms with Crippen molar-refractivity contribution in [3.63, 3.8) is 0 Å². The first-order valence-electron chi connectivity index (χ1n) is 4.28. The molecule has 0 aromatic carbocycles. The lowest BCUT2D eigenvalue weighted by Crippen LogP contribution is -2.11. The minimum Gasteiger partial charge on any atom is -0.302 e. The quantitative estimate of drug-likeness (QED) is 0.621. The number of hydrogen-bond donors (Lipinski definition) is 3. The van der Waals surface area contributed by atoms with Crippen molar-refractivity contribution in [2.75, 3.05) is 6.61 Å². The molecular weight excluding hydrogens is 246 g/mol. The zero-order valence-corrected chi connectivity index (χ0v) is 10.5. The second kappa shape index (κ2) is 5.55. The van der Waals surface area contributed by atoms with Gasteiger partial charge in [0.15, 0.2) is 0 Å². The molecule has 2 unspecified atom stereocenters. The van der Waals surface area contributed by atoms with E-state index in [1.165, 1.54) is 0 Å². The van der Waals surface area contributed by atoms with Crippen LogP contribution in [-0.4, -0.2) is 21.3 Å². The fraction of sp³-hybridized carbons (Fsp3) is 1.00. The summed E-state index contributed by atoms with van der Waals surface area (Å²) >= 11 is 0. The fourth-order valence-electron chi connectivity index (χ4n) is 0.562. The number of phosphoric ester groups is 1. The van der Waals surface area contributed by atoms with Crippen molar-refractivity contribution in [1.82, 2.24) is 0 Å². The molecule has 0 spiro atoms. The third-order valence-electron chi connectivity index (χ3n) is 1.85. The van der Waals surface area contributed by atoms with Gasteiger partial charge in [-0.05, 0) is 11.8 Å². The van der Waals surface area contributed by atoms with E-state index in [2.05, 4.69) is 8.83 Å². The van der Waals surface area contributed by atoms with Crippen molar-refractivity contribution in [2.45, 2.75) is 20.8 Å². The van der Waals surface area contributed by atoms with Gasteiger partial charge in [-0.25, -0.2) is 9.13 Å². The van der Waals surface area contributed by atoms with Crippen LogP contribution in [-0.2, 0) is 18.0 Å². The van der Waals surface area contributed by atoms with Crippen molar-refractivity contribution in [3.8, 4) is 0 Å². The molecule has 0 rings (SSSR count). The van der Waals surface area contributed by atoms with Gasteiger partial charge in [-0.2, -0.15) is 4.31 Å². The lowest BCUT2D eigenvalue weighted by atomic mass is 10.00. The van der Waals surface area contributed by atoms with Crippen LogP contribution in [0.2, 0.25) is 0 Å². The smallest absolute Gasteiger partial charge is 0.302 e. The summed E-state index contributed by atoms with van der Waals surface area (Å²) in [4.78, 5) is 25.5. The van der Waals surface area contributed by atoms with Crippen molar-refractivity contribution in [1.29, 1.82) is 0 Å². The van der Waals surface area contributed by atoms with Crippen LogP contribution in [0.15, 0.2) is 0 Å². The molecule has 0 aliphatic carbocycles. The summed E-state index contributed by atoms with van der Waals surface area (Å²) in [5, 5.41) is 0. The highest BCUT2D eigenvalue weighted by Crippen LogP contribution is 2.57. The molecule has 0 aliphatic rings. The molecule has 2 atom stereocenters. The van der Waals surface area contributed by atoms with Crippen molar-refractivity contribution in [2.24, 2.45) is 11.8 Å². The molecule has 0 amide bonds. The van der Waals surface area contributed by atoms with Gasteiger partial charge in [-0.15, -0.1) is 0 Å². The van der Waals surface area contributed by atoms with E-state index in [4.69, 9.17) is 14.7 Å². The molecule has 0 bridgehead atoms. The van der Waals surface area contributed by atoms with Crippen molar-refractivity contribution >= 4 is 15.6 Å². The normalized spacial score (nSPS) is 18.9. The summed E-state index contributed by atoms with van der Waals surface area (Å²) in [6, 6.07) is 0. The maximum atomic E-state index is 11.0. The molecule has 0 fully saturated rings. The van der Waals surface area contributed by atoms with Crippen LogP contribution in [0.5, 0.6) is 0 Å². The molecule has 92 valence electrons. The zero-order chi connectivity index (χ0) is 12.3. The molecule has 7 nitrogen and oxygen atoms in total. The highest BCUT2D eigenvalue weighted by atomic mass is 31.3. The van der Waals surface area contributed by atoms with Crippen LogP contribution < -0.4 is 0 Å². The molecule has 0 radical (unpaired) electrons. The maximum absolute atomic E-state index is 11.0. The van der Waals surface area contributed by atoms with Crippen LogP contribution in [0.1, 0.15) is 20.8 Å². The number of rotatable bonds is 6. The van der Waals surface area contributed by atoms with Crippen LogP contribution in [0.4, 0.5) is 0 Å². The van der Waals surface area contributed by atoms with Gasteiger partial charge in [0, 0.05) is 0 Å². The van der Waals surface area contributed by atoms with Crippen LogP contribution in [0.3, 0.4) is 0 Å².